The molecule has 462 valence electrons. The number of rotatable bonds is 10. The zero-order valence-electron chi connectivity index (χ0n) is 52.3. The fourth-order valence-electron chi connectivity index (χ4n) is 14.7. The molecule has 1 atom stereocenters. The summed E-state index contributed by atoms with van der Waals surface area (Å²) in [6.45, 7) is 0. The number of pyridine rings is 2. The van der Waals surface area contributed by atoms with Crippen molar-refractivity contribution < 1.29 is 43.0 Å². The first-order valence-electron chi connectivity index (χ1n) is 32.2. The third kappa shape index (κ3) is 10.3. The van der Waals surface area contributed by atoms with Gasteiger partial charge in [-0.1, -0.05) is 254 Å². The molecule has 0 bridgehead atoms. The molecule has 0 saturated heterocycles. The molecular formula is C87H54Mn2N4O2P2S+2. The SMILES string of the molecule is [Mn+2].[Mn+2].[c-]1c(-c2ccccn2)ccc2cccc(-c3[c-]c4c5c(ccc4o3)-c3ccccc3C5[PH+](c3ccccc3)c3ccccc3)c12.[c-]1c(-c2ccccn2)ccc2occ(-n3c4[c-]c5c(cc4c4ccccc43)sc3c4ccccc4n([PH+](c4ccccc4)c4ccccc4)c53)c12. The first kappa shape index (κ1) is 61.3. The van der Waals surface area contributed by atoms with Gasteiger partial charge in [0.15, 0.2) is 8.07 Å². The van der Waals surface area contributed by atoms with Crippen LogP contribution in [0.25, 0.3) is 136 Å². The van der Waals surface area contributed by atoms with Crippen LogP contribution in [-0.2, 0) is 34.1 Å². The Morgan fingerprint density at radius 2 is 1.01 bits per heavy atom. The fraction of sp³-hybridized carbons (Fsp3) is 0.0115. The van der Waals surface area contributed by atoms with Crippen molar-refractivity contribution in [3.63, 3.8) is 0 Å². The van der Waals surface area contributed by atoms with Crippen LogP contribution < -0.4 is 21.2 Å². The third-order valence-corrected chi connectivity index (χ3v) is 25.8. The number of hydrogen-bond acceptors (Lipinski definition) is 5. The van der Waals surface area contributed by atoms with Gasteiger partial charge in [-0.3, -0.25) is 9.97 Å². The minimum Gasteiger partial charge on any atom is -0.519 e. The van der Waals surface area contributed by atoms with Gasteiger partial charge in [-0.2, -0.15) is 11.3 Å². The number of nitrogens with zero attached hydrogens (tertiary/aromatic N) is 4. The Morgan fingerprint density at radius 1 is 0.429 bits per heavy atom. The van der Waals surface area contributed by atoms with E-state index in [1.165, 1.54) is 80.1 Å². The molecule has 0 spiro atoms. The molecule has 0 fully saturated rings. The number of benzene rings is 12. The average molecular weight is 1390 g/mol. The number of para-hydroxylation sites is 2. The molecule has 20 rings (SSSR count). The summed E-state index contributed by atoms with van der Waals surface area (Å²) < 4.78 is 20.4. The van der Waals surface area contributed by atoms with Crippen LogP contribution in [0, 0.1) is 24.3 Å². The Hall–Kier alpha value is -10.3. The van der Waals surface area contributed by atoms with E-state index in [1.807, 2.05) is 78.5 Å². The van der Waals surface area contributed by atoms with Crippen LogP contribution in [0.5, 0.6) is 0 Å². The summed E-state index contributed by atoms with van der Waals surface area (Å²) >= 11 is 1.88. The summed E-state index contributed by atoms with van der Waals surface area (Å²) in [5.74, 6) is 0.737. The molecule has 7 aromatic heterocycles. The third-order valence-electron chi connectivity index (χ3n) is 18.9. The molecule has 2 radical (unpaired) electrons. The van der Waals surface area contributed by atoms with Crippen molar-refractivity contribution in [2.75, 3.05) is 0 Å². The molecule has 19 aromatic rings. The fourth-order valence-corrected chi connectivity index (χ4v) is 22.0. The molecule has 0 amide bonds. The summed E-state index contributed by atoms with van der Waals surface area (Å²) in [7, 11) is -2.75. The normalized spacial score (nSPS) is 12.6. The molecule has 1 aliphatic carbocycles. The van der Waals surface area contributed by atoms with Gasteiger partial charge in [-0.15, -0.1) is 53.2 Å². The first-order chi connectivity index (χ1) is 47.6. The second-order valence-corrected chi connectivity index (χ2v) is 30.2. The topological polar surface area (TPSA) is 61.9 Å². The van der Waals surface area contributed by atoms with Crippen molar-refractivity contribution in [1.82, 2.24) is 18.9 Å². The monoisotopic (exact) mass is 1390 g/mol. The smallest absolute Gasteiger partial charge is 0.519 e. The van der Waals surface area contributed by atoms with Gasteiger partial charge in [0, 0.05) is 61.9 Å². The van der Waals surface area contributed by atoms with Crippen molar-refractivity contribution >= 4 is 134 Å². The van der Waals surface area contributed by atoms with Crippen molar-refractivity contribution in [3.8, 4) is 50.7 Å². The minimum atomic E-state index is -1.46. The van der Waals surface area contributed by atoms with Crippen molar-refractivity contribution in [1.29, 1.82) is 0 Å². The van der Waals surface area contributed by atoms with Crippen LogP contribution in [0.2, 0.25) is 0 Å². The standard InChI is InChI=1S/C45H26N3OPS.C42H26NOP.2Mn/c1-3-13-30(14-4-1)50(31-15-5-2-6-16-31)48-39-21-10-8-18-33(39)45-44(48)36-26-40-34(27-43(36)51-45)32-17-7-9-20-38(32)47(40)41-28-49-42-23-22-29(25-35(41)42)37-19-11-12-24-46-37;1-3-13-30(14-4-1)45(31-15-5-2-6-16-31)42-35-18-8-7-17-32(35)34-23-24-39-37(41(34)42)27-40(44-39)33-19-11-12-28-21-22-29(26-36(28)33)38-20-9-10-25-43-38;;/h1-24,27-28H;1-25,42H;;/q2*-2;2*+2/p+2. The van der Waals surface area contributed by atoms with E-state index in [0.29, 0.717) is 0 Å². The molecule has 1 aliphatic rings. The summed E-state index contributed by atoms with van der Waals surface area (Å²) in [5.41, 5.74) is 17.4. The van der Waals surface area contributed by atoms with E-state index in [-0.39, 0.29) is 39.8 Å². The van der Waals surface area contributed by atoms with Crippen molar-refractivity contribution in [2.45, 2.75) is 5.66 Å². The first-order valence-corrected chi connectivity index (χ1v) is 36.1. The molecule has 6 nitrogen and oxygen atoms in total. The van der Waals surface area contributed by atoms with Crippen LogP contribution in [0.3, 0.4) is 0 Å². The number of thiophene rings is 1. The quantitative estimate of drug-likeness (QED) is 0.0778. The van der Waals surface area contributed by atoms with Crippen LogP contribution in [0.1, 0.15) is 16.8 Å². The van der Waals surface area contributed by atoms with E-state index in [0.717, 1.165) is 88.7 Å². The number of aromatic nitrogens is 4. The summed E-state index contributed by atoms with van der Waals surface area (Å²) in [5, 5.41) is 14.4. The van der Waals surface area contributed by atoms with E-state index >= 15 is 0 Å². The maximum atomic E-state index is 6.69. The van der Waals surface area contributed by atoms with Crippen LogP contribution >= 0.6 is 27.3 Å². The Labute approximate surface area is 593 Å². The largest absolute Gasteiger partial charge is 2.00 e. The molecule has 0 aliphatic heterocycles. The van der Waals surface area contributed by atoms with Gasteiger partial charge in [0.1, 0.15) is 10.6 Å². The van der Waals surface area contributed by atoms with Crippen LogP contribution in [-0.4, -0.2) is 18.9 Å². The Balaban J connectivity index is 0.000000146. The number of furan rings is 2. The molecule has 98 heavy (non-hydrogen) atoms. The van der Waals surface area contributed by atoms with Crippen LogP contribution in [0.15, 0.2) is 319 Å². The summed E-state index contributed by atoms with van der Waals surface area (Å²) in [4.78, 5) is 9.17. The molecule has 1 unspecified atom stereocenters. The predicted octanol–water partition coefficient (Wildman–Crippen LogP) is 21.0. The van der Waals surface area contributed by atoms with Crippen molar-refractivity contribution in [2.24, 2.45) is 0 Å². The molecule has 7 heterocycles. The van der Waals surface area contributed by atoms with Crippen molar-refractivity contribution in [3.05, 3.63) is 345 Å². The molecule has 12 aromatic carbocycles. The van der Waals surface area contributed by atoms with E-state index in [2.05, 4.69) is 286 Å². The number of hydrogen-bond donors (Lipinski definition) is 0. The molecule has 0 saturated carbocycles. The van der Waals surface area contributed by atoms with E-state index in [9.17, 15) is 0 Å². The molecule has 11 heteroatoms. The van der Waals surface area contributed by atoms with Gasteiger partial charge in [0.05, 0.1) is 41.6 Å². The zero-order chi connectivity index (χ0) is 63.2. The van der Waals surface area contributed by atoms with E-state index < -0.39 is 16.0 Å². The average Bonchev–Trinajstić information content (AvgIpc) is 1.55. The van der Waals surface area contributed by atoms with Gasteiger partial charge in [-0.25, -0.2) is 4.34 Å². The van der Waals surface area contributed by atoms with Gasteiger partial charge < -0.3 is 13.4 Å². The van der Waals surface area contributed by atoms with Gasteiger partial charge in [0.2, 0.25) is 0 Å². The van der Waals surface area contributed by atoms with E-state index in [1.54, 1.807) is 0 Å². The van der Waals surface area contributed by atoms with Gasteiger partial charge in [0.25, 0.3) is 0 Å². The minimum absolute atomic E-state index is 0. The second kappa shape index (κ2) is 25.6. The molecular weight excluding hydrogens is 1340 g/mol. The zero-order valence-corrected chi connectivity index (χ0v) is 57.5. The van der Waals surface area contributed by atoms with Gasteiger partial charge in [-0.05, 0) is 94.8 Å². The maximum Gasteiger partial charge on any atom is 2.00 e. The number of fused-ring (bicyclic) bond motifs is 15. The van der Waals surface area contributed by atoms with E-state index in [4.69, 9.17) is 8.83 Å². The Bertz CT molecular complexity index is 6100. The predicted molar refractivity (Wildman–Crippen MR) is 404 cm³/mol. The maximum absolute atomic E-state index is 6.69. The molecule has 0 N–H and O–H groups in total. The second-order valence-electron chi connectivity index (χ2n) is 24.3. The van der Waals surface area contributed by atoms with Gasteiger partial charge >= 0.3 is 34.1 Å². The Morgan fingerprint density at radius 3 is 1.69 bits per heavy atom. The summed E-state index contributed by atoms with van der Waals surface area (Å²) in [6.07, 6.45) is 5.50. The summed E-state index contributed by atoms with van der Waals surface area (Å²) in [6, 6.07) is 119. The van der Waals surface area contributed by atoms with Crippen LogP contribution in [0.4, 0.5) is 0 Å². The Kier molecular flexibility index (Phi) is 16.0.